The quantitative estimate of drug-likeness (QED) is 0.873. The van der Waals surface area contributed by atoms with Crippen LogP contribution in [0.15, 0.2) is 6.07 Å². The second-order valence-electron chi connectivity index (χ2n) is 4.60. The number of aryl methyl sites for hydroxylation is 3. The van der Waals surface area contributed by atoms with Crippen LogP contribution in [-0.4, -0.2) is 20.7 Å². The van der Waals surface area contributed by atoms with E-state index in [1.54, 1.807) is 17.4 Å². The maximum Gasteiger partial charge on any atom is 0.242 e. The van der Waals surface area contributed by atoms with Crippen LogP contribution in [0.4, 0.5) is 5.82 Å². The van der Waals surface area contributed by atoms with E-state index in [1.807, 2.05) is 13.8 Å². The van der Waals surface area contributed by atoms with Crippen molar-refractivity contribution in [1.82, 2.24) is 20.1 Å². The molecule has 6 nitrogen and oxygen atoms in total. The van der Waals surface area contributed by atoms with Crippen molar-refractivity contribution in [3.05, 3.63) is 27.3 Å². The molecule has 0 spiro atoms. The summed E-state index contributed by atoms with van der Waals surface area (Å²) in [5, 5.41) is 8.08. The van der Waals surface area contributed by atoms with Crippen molar-refractivity contribution in [1.29, 1.82) is 0 Å². The molecule has 0 saturated heterocycles. The van der Waals surface area contributed by atoms with E-state index in [4.69, 9.17) is 5.73 Å². The lowest BCUT2D eigenvalue weighted by Crippen LogP contribution is -2.28. The summed E-state index contributed by atoms with van der Waals surface area (Å²) in [6.07, 6.45) is 0.876. The standard InChI is InChI=1S/C13H19N5OS/c1-4-10-11(20-9(3)16-10)6-15-13(19)7-18-12(14)5-8(2)17-18/h5H,4,6-7,14H2,1-3H3,(H,15,19). The van der Waals surface area contributed by atoms with Gasteiger partial charge >= 0.3 is 0 Å². The lowest BCUT2D eigenvalue weighted by Gasteiger charge is -2.06. The Balaban J connectivity index is 1.93. The first-order valence-corrected chi connectivity index (χ1v) is 7.33. The molecule has 3 N–H and O–H groups in total. The highest BCUT2D eigenvalue weighted by molar-refractivity contribution is 7.11. The minimum Gasteiger partial charge on any atom is -0.384 e. The first kappa shape index (κ1) is 14.5. The molecule has 0 aromatic carbocycles. The average Bonchev–Trinajstić information content (AvgIpc) is 2.89. The number of hydrogen-bond donors (Lipinski definition) is 2. The molecule has 0 radical (unpaired) electrons. The summed E-state index contributed by atoms with van der Waals surface area (Å²) in [6.45, 7) is 6.53. The maximum absolute atomic E-state index is 11.9. The number of rotatable bonds is 5. The van der Waals surface area contributed by atoms with Crippen LogP contribution in [0.3, 0.4) is 0 Å². The van der Waals surface area contributed by atoms with Crippen LogP contribution in [0.25, 0.3) is 0 Å². The lowest BCUT2D eigenvalue weighted by atomic mass is 10.3. The van der Waals surface area contributed by atoms with E-state index in [9.17, 15) is 4.79 Å². The zero-order chi connectivity index (χ0) is 14.7. The van der Waals surface area contributed by atoms with Crippen LogP contribution in [-0.2, 0) is 24.3 Å². The van der Waals surface area contributed by atoms with E-state index < -0.39 is 0 Å². The summed E-state index contributed by atoms with van der Waals surface area (Å²) in [5.74, 6) is 0.397. The number of thiazole rings is 1. The molecule has 0 aliphatic carbocycles. The van der Waals surface area contributed by atoms with Gasteiger partial charge in [0.25, 0.3) is 0 Å². The molecule has 0 bridgehead atoms. The van der Waals surface area contributed by atoms with Crippen LogP contribution in [0.1, 0.15) is 28.2 Å². The Morgan fingerprint density at radius 3 is 2.85 bits per heavy atom. The van der Waals surface area contributed by atoms with E-state index in [0.29, 0.717) is 12.4 Å². The maximum atomic E-state index is 11.9. The molecule has 2 aromatic heterocycles. The van der Waals surface area contributed by atoms with Crippen LogP contribution in [0.2, 0.25) is 0 Å². The van der Waals surface area contributed by atoms with Gasteiger partial charge in [0.15, 0.2) is 0 Å². The molecule has 0 unspecified atom stereocenters. The highest BCUT2D eigenvalue weighted by atomic mass is 32.1. The van der Waals surface area contributed by atoms with Gasteiger partial charge in [-0.25, -0.2) is 9.67 Å². The Hall–Kier alpha value is -1.89. The monoisotopic (exact) mass is 293 g/mol. The third kappa shape index (κ3) is 3.36. The van der Waals surface area contributed by atoms with E-state index >= 15 is 0 Å². The summed E-state index contributed by atoms with van der Waals surface area (Å²) < 4.78 is 1.50. The van der Waals surface area contributed by atoms with Crippen molar-refractivity contribution in [2.24, 2.45) is 0 Å². The van der Waals surface area contributed by atoms with Gasteiger partial charge in [-0.2, -0.15) is 5.10 Å². The average molecular weight is 293 g/mol. The molecule has 108 valence electrons. The van der Waals surface area contributed by atoms with Gasteiger partial charge in [-0.05, 0) is 20.3 Å². The molecule has 2 rings (SSSR count). The van der Waals surface area contributed by atoms with Gasteiger partial charge in [-0.3, -0.25) is 4.79 Å². The molecule has 0 fully saturated rings. The Labute approximate surface area is 122 Å². The van der Waals surface area contributed by atoms with Crippen molar-refractivity contribution < 1.29 is 4.79 Å². The molecule has 7 heteroatoms. The first-order valence-electron chi connectivity index (χ1n) is 6.51. The Morgan fingerprint density at radius 1 is 1.50 bits per heavy atom. The summed E-state index contributed by atoms with van der Waals surface area (Å²) >= 11 is 1.62. The van der Waals surface area contributed by atoms with E-state index in [0.717, 1.165) is 27.7 Å². The topological polar surface area (TPSA) is 85.8 Å². The van der Waals surface area contributed by atoms with Crippen molar-refractivity contribution in [3.63, 3.8) is 0 Å². The zero-order valence-electron chi connectivity index (χ0n) is 11.9. The predicted octanol–water partition coefficient (Wildman–Crippen LogP) is 1.42. The summed E-state index contributed by atoms with van der Waals surface area (Å²) in [4.78, 5) is 17.5. The number of nitrogens with one attached hydrogen (secondary N) is 1. The highest BCUT2D eigenvalue weighted by Crippen LogP contribution is 2.18. The van der Waals surface area contributed by atoms with Gasteiger partial charge in [0.2, 0.25) is 5.91 Å². The highest BCUT2D eigenvalue weighted by Gasteiger charge is 2.11. The van der Waals surface area contributed by atoms with Crippen molar-refractivity contribution in [2.45, 2.75) is 40.3 Å². The summed E-state index contributed by atoms with van der Waals surface area (Å²) in [6, 6.07) is 1.75. The number of anilines is 1. The minimum absolute atomic E-state index is 0.104. The number of nitrogen functional groups attached to an aromatic ring is 1. The van der Waals surface area contributed by atoms with E-state index in [1.165, 1.54) is 4.68 Å². The van der Waals surface area contributed by atoms with Crippen LogP contribution >= 0.6 is 11.3 Å². The number of hydrogen-bond acceptors (Lipinski definition) is 5. The van der Waals surface area contributed by atoms with Crippen molar-refractivity contribution in [2.75, 3.05) is 5.73 Å². The molecule has 1 amide bonds. The zero-order valence-corrected chi connectivity index (χ0v) is 12.8. The number of carbonyl (C=O) groups is 1. The number of aromatic nitrogens is 3. The van der Waals surface area contributed by atoms with Crippen molar-refractivity contribution in [3.8, 4) is 0 Å². The molecule has 0 atom stereocenters. The fraction of sp³-hybridized carbons (Fsp3) is 0.462. The molecule has 20 heavy (non-hydrogen) atoms. The van der Waals surface area contributed by atoms with Gasteiger partial charge in [0.1, 0.15) is 12.4 Å². The molecular weight excluding hydrogens is 274 g/mol. The Morgan fingerprint density at radius 2 is 2.25 bits per heavy atom. The molecule has 2 heterocycles. The third-order valence-corrected chi connectivity index (χ3v) is 3.91. The fourth-order valence-corrected chi connectivity index (χ4v) is 2.95. The second-order valence-corrected chi connectivity index (χ2v) is 5.89. The van der Waals surface area contributed by atoms with Gasteiger partial charge < -0.3 is 11.1 Å². The molecule has 0 aliphatic rings. The normalized spacial score (nSPS) is 10.8. The number of nitrogens with two attached hydrogens (primary N) is 1. The third-order valence-electron chi connectivity index (χ3n) is 2.89. The Kier molecular flexibility index (Phi) is 4.39. The van der Waals surface area contributed by atoms with Gasteiger partial charge in [-0.1, -0.05) is 6.92 Å². The van der Waals surface area contributed by atoms with E-state index in [2.05, 4.69) is 22.3 Å². The smallest absolute Gasteiger partial charge is 0.242 e. The number of amides is 1. The fourth-order valence-electron chi connectivity index (χ4n) is 1.99. The largest absolute Gasteiger partial charge is 0.384 e. The number of carbonyl (C=O) groups excluding carboxylic acids is 1. The SMILES string of the molecule is CCc1nc(C)sc1CNC(=O)Cn1nc(C)cc1N. The minimum atomic E-state index is -0.104. The van der Waals surface area contributed by atoms with Gasteiger partial charge in [0.05, 0.1) is 22.9 Å². The lowest BCUT2D eigenvalue weighted by molar-refractivity contribution is -0.121. The number of nitrogens with zero attached hydrogens (tertiary/aromatic N) is 3. The van der Waals surface area contributed by atoms with E-state index in [-0.39, 0.29) is 12.5 Å². The Bertz CT molecular complexity index is 616. The van der Waals surface area contributed by atoms with Gasteiger partial charge in [-0.15, -0.1) is 11.3 Å². The van der Waals surface area contributed by atoms with Crippen LogP contribution in [0.5, 0.6) is 0 Å². The van der Waals surface area contributed by atoms with Crippen molar-refractivity contribution >= 4 is 23.1 Å². The van der Waals surface area contributed by atoms with Gasteiger partial charge in [0, 0.05) is 10.9 Å². The second kappa shape index (κ2) is 6.04. The first-order chi connectivity index (χ1) is 9.49. The molecular formula is C13H19N5OS. The predicted molar refractivity (Wildman–Crippen MR) is 79.5 cm³/mol. The van der Waals surface area contributed by atoms with Crippen LogP contribution in [0, 0.1) is 13.8 Å². The summed E-state index contributed by atoms with van der Waals surface area (Å²) in [5.41, 5.74) is 7.62. The molecule has 0 saturated carbocycles. The summed E-state index contributed by atoms with van der Waals surface area (Å²) in [7, 11) is 0. The molecule has 2 aromatic rings. The molecule has 0 aliphatic heterocycles. The van der Waals surface area contributed by atoms with Crippen LogP contribution < -0.4 is 11.1 Å².